The lowest BCUT2D eigenvalue weighted by molar-refractivity contribution is 0.584. The molecule has 0 atom stereocenters. The Kier molecular flexibility index (Phi) is 4.25. The standard InChI is InChI=1S/C11H14N2O2S/c1-3-4-9-12-13-16(14,15)11-7-5-10(2)6-8-11/h3-9,13H,1-2H3/b4-3+,12-9-. The molecule has 0 saturated carbocycles. The number of nitrogens with zero attached hydrogens (tertiary/aromatic N) is 1. The molecule has 0 aliphatic carbocycles. The first-order valence-corrected chi connectivity index (χ1v) is 6.27. The normalized spacial score (nSPS) is 12.4. The van der Waals surface area contributed by atoms with E-state index in [1.807, 2.05) is 13.8 Å². The number of hydrogen-bond donors (Lipinski definition) is 1. The van der Waals surface area contributed by atoms with E-state index < -0.39 is 10.0 Å². The molecule has 0 radical (unpaired) electrons. The van der Waals surface area contributed by atoms with Gasteiger partial charge in [-0.15, -0.1) is 0 Å². The Hall–Kier alpha value is -1.62. The molecular weight excluding hydrogens is 224 g/mol. The Bertz CT molecular complexity index is 487. The fraction of sp³-hybridized carbons (Fsp3) is 0.182. The lowest BCUT2D eigenvalue weighted by Gasteiger charge is -2.02. The summed E-state index contributed by atoms with van der Waals surface area (Å²) in [6, 6.07) is 6.57. The highest BCUT2D eigenvalue weighted by atomic mass is 32.2. The second-order valence-corrected chi connectivity index (χ2v) is 4.87. The van der Waals surface area contributed by atoms with E-state index >= 15 is 0 Å². The minimum Gasteiger partial charge on any atom is -0.200 e. The van der Waals surface area contributed by atoms with Crippen molar-refractivity contribution in [2.75, 3.05) is 0 Å². The summed E-state index contributed by atoms with van der Waals surface area (Å²) in [5.74, 6) is 0. The van der Waals surface area contributed by atoms with Gasteiger partial charge < -0.3 is 0 Å². The second-order valence-electron chi connectivity index (χ2n) is 3.21. The highest BCUT2D eigenvalue weighted by Crippen LogP contribution is 2.09. The maximum absolute atomic E-state index is 11.7. The van der Waals surface area contributed by atoms with Gasteiger partial charge in [0.1, 0.15) is 0 Å². The minimum absolute atomic E-state index is 0.204. The fourth-order valence-corrected chi connectivity index (χ4v) is 1.80. The van der Waals surface area contributed by atoms with Crippen molar-refractivity contribution in [1.29, 1.82) is 0 Å². The molecule has 0 aliphatic heterocycles. The largest absolute Gasteiger partial charge is 0.276 e. The van der Waals surface area contributed by atoms with Gasteiger partial charge in [0.2, 0.25) is 0 Å². The Morgan fingerprint density at radius 3 is 2.44 bits per heavy atom. The van der Waals surface area contributed by atoms with Crippen molar-refractivity contribution in [1.82, 2.24) is 4.83 Å². The van der Waals surface area contributed by atoms with Gasteiger partial charge in [0.25, 0.3) is 10.0 Å². The maximum Gasteiger partial charge on any atom is 0.276 e. The lowest BCUT2D eigenvalue weighted by atomic mass is 10.2. The van der Waals surface area contributed by atoms with Crippen LogP contribution in [0.1, 0.15) is 12.5 Å². The third-order valence-corrected chi connectivity index (χ3v) is 3.10. The van der Waals surface area contributed by atoms with Crippen molar-refractivity contribution in [2.45, 2.75) is 18.7 Å². The van der Waals surface area contributed by atoms with Gasteiger partial charge in [0.15, 0.2) is 0 Å². The molecule has 0 aliphatic rings. The van der Waals surface area contributed by atoms with Crippen LogP contribution in [0.2, 0.25) is 0 Å². The van der Waals surface area contributed by atoms with Crippen LogP contribution in [0.5, 0.6) is 0 Å². The zero-order valence-electron chi connectivity index (χ0n) is 9.21. The third-order valence-electron chi connectivity index (χ3n) is 1.86. The highest BCUT2D eigenvalue weighted by molar-refractivity contribution is 7.89. The summed E-state index contributed by atoms with van der Waals surface area (Å²) in [7, 11) is -3.54. The van der Waals surface area contributed by atoms with E-state index in [1.54, 1.807) is 36.4 Å². The molecule has 0 spiro atoms. The van der Waals surface area contributed by atoms with Crippen LogP contribution in [0.4, 0.5) is 0 Å². The number of aryl methyl sites for hydroxylation is 1. The minimum atomic E-state index is -3.54. The number of hydrogen-bond acceptors (Lipinski definition) is 3. The summed E-state index contributed by atoms with van der Waals surface area (Å²) in [6.45, 7) is 3.72. The maximum atomic E-state index is 11.7. The third kappa shape index (κ3) is 3.51. The summed E-state index contributed by atoms with van der Waals surface area (Å²) >= 11 is 0. The first-order chi connectivity index (χ1) is 7.56. The van der Waals surface area contributed by atoms with Gasteiger partial charge in [0, 0.05) is 6.21 Å². The molecule has 0 unspecified atom stereocenters. The van der Waals surface area contributed by atoms with Gasteiger partial charge in [-0.05, 0) is 32.1 Å². The summed E-state index contributed by atoms with van der Waals surface area (Å²) in [5, 5.41) is 3.58. The molecule has 0 fully saturated rings. The number of allylic oxidation sites excluding steroid dienone is 2. The zero-order valence-corrected chi connectivity index (χ0v) is 10.0. The first kappa shape index (κ1) is 12.4. The molecule has 0 amide bonds. The average molecular weight is 238 g/mol. The molecule has 16 heavy (non-hydrogen) atoms. The number of rotatable bonds is 4. The average Bonchev–Trinajstić information content (AvgIpc) is 2.25. The van der Waals surface area contributed by atoms with E-state index in [4.69, 9.17) is 0 Å². The van der Waals surface area contributed by atoms with E-state index in [1.165, 1.54) is 6.21 Å². The van der Waals surface area contributed by atoms with E-state index in [2.05, 4.69) is 9.93 Å². The molecule has 0 saturated heterocycles. The van der Waals surface area contributed by atoms with Gasteiger partial charge >= 0.3 is 0 Å². The predicted molar refractivity (Wildman–Crippen MR) is 64.8 cm³/mol. The molecule has 0 bridgehead atoms. The van der Waals surface area contributed by atoms with Crippen molar-refractivity contribution in [3.8, 4) is 0 Å². The molecule has 86 valence electrons. The number of hydrazone groups is 1. The molecule has 5 heteroatoms. The van der Waals surface area contributed by atoms with Crippen molar-refractivity contribution >= 4 is 16.2 Å². The summed E-state index contributed by atoms with van der Waals surface area (Å²) in [5.41, 5.74) is 1.01. The SMILES string of the molecule is C/C=C/C=N\NS(=O)(=O)c1ccc(C)cc1. The van der Waals surface area contributed by atoms with E-state index in [0.717, 1.165) is 5.56 Å². The van der Waals surface area contributed by atoms with Gasteiger partial charge in [-0.2, -0.15) is 13.5 Å². The van der Waals surface area contributed by atoms with Gasteiger partial charge in [-0.1, -0.05) is 23.8 Å². The molecule has 1 N–H and O–H groups in total. The van der Waals surface area contributed by atoms with Crippen molar-refractivity contribution in [3.63, 3.8) is 0 Å². The van der Waals surface area contributed by atoms with Crippen LogP contribution in [-0.4, -0.2) is 14.6 Å². The van der Waals surface area contributed by atoms with Crippen LogP contribution in [0.3, 0.4) is 0 Å². The number of sulfonamides is 1. The van der Waals surface area contributed by atoms with Crippen molar-refractivity contribution in [3.05, 3.63) is 42.0 Å². The molecular formula is C11H14N2O2S. The molecule has 1 aromatic rings. The highest BCUT2D eigenvalue weighted by Gasteiger charge is 2.11. The molecule has 1 rings (SSSR count). The zero-order chi connectivity index (χ0) is 12.0. The number of benzene rings is 1. The summed E-state index contributed by atoms with van der Waals surface area (Å²) in [6.07, 6.45) is 4.77. The van der Waals surface area contributed by atoms with Crippen LogP contribution in [0.15, 0.2) is 46.4 Å². The molecule has 4 nitrogen and oxygen atoms in total. The Labute approximate surface area is 95.7 Å². The van der Waals surface area contributed by atoms with Gasteiger partial charge in [0.05, 0.1) is 4.90 Å². The molecule has 0 aromatic heterocycles. The monoisotopic (exact) mass is 238 g/mol. The Morgan fingerprint density at radius 2 is 1.88 bits per heavy atom. The summed E-state index contributed by atoms with van der Waals surface area (Å²) in [4.78, 5) is 2.32. The van der Waals surface area contributed by atoms with Crippen molar-refractivity contribution in [2.24, 2.45) is 5.10 Å². The van der Waals surface area contributed by atoms with Crippen LogP contribution < -0.4 is 4.83 Å². The second kappa shape index (κ2) is 5.46. The first-order valence-electron chi connectivity index (χ1n) is 4.79. The molecule has 1 aromatic carbocycles. The van der Waals surface area contributed by atoms with Gasteiger partial charge in [-0.3, -0.25) is 0 Å². The van der Waals surface area contributed by atoms with Gasteiger partial charge in [-0.25, -0.2) is 4.83 Å². The molecule has 0 heterocycles. The van der Waals surface area contributed by atoms with Crippen LogP contribution >= 0.6 is 0 Å². The van der Waals surface area contributed by atoms with Crippen LogP contribution in [-0.2, 0) is 10.0 Å². The quantitative estimate of drug-likeness (QED) is 0.642. The van der Waals surface area contributed by atoms with E-state index in [9.17, 15) is 8.42 Å². The fourth-order valence-electron chi connectivity index (χ4n) is 0.999. The number of nitrogens with one attached hydrogen (secondary N) is 1. The Morgan fingerprint density at radius 1 is 1.25 bits per heavy atom. The van der Waals surface area contributed by atoms with Crippen molar-refractivity contribution < 1.29 is 8.42 Å². The predicted octanol–water partition coefficient (Wildman–Crippen LogP) is 1.84. The van der Waals surface area contributed by atoms with E-state index in [-0.39, 0.29) is 4.90 Å². The Balaban J connectivity index is 2.82. The lowest BCUT2D eigenvalue weighted by Crippen LogP contribution is -2.17. The summed E-state index contributed by atoms with van der Waals surface area (Å²) < 4.78 is 23.3. The van der Waals surface area contributed by atoms with Crippen LogP contribution in [0.25, 0.3) is 0 Å². The smallest absolute Gasteiger partial charge is 0.200 e. The van der Waals surface area contributed by atoms with E-state index in [0.29, 0.717) is 0 Å². The van der Waals surface area contributed by atoms with Crippen LogP contribution in [0, 0.1) is 6.92 Å². The topological polar surface area (TPSA) is 58.5 Å².